The average Bonchev–Trinajstić information content (AvgIpc) is 2.86. The molecular formula is C11H7BrN2O5S. The van der Waals surface area contributed by atoms with Crippen LogP contribution in [0.15, 0.2) is 28.1 Å². The summed E-state index contributed by atoms with van der Waals surface area (Å²) < 4.78 is 5.97. The number of carboxylic acid groups (broad SMARTS) is 1. The lowest BCUT2D eigenvalue weighted by atomic mass is 10.3. The molecule has 2 aromatic rings. The minimum absolute atomic E-state index is 0.0262. The van der Waals surface area contributed by atoms with E-state index < -0.39 is 10.9 Å². The SMILES string of the molecule is O=C(O)c1nc(COc2cc([N+](=O)[O-])ccc2Br)cs1. The molecule has 0 amide bonds. The average molecular weight is 359 g/mol. The number of carboxylic acids is 1. The van der Waals surface area contributed by atoms with Crippen LogP contribution in [-0.2, 0) is 6.61 Å². The van der Waals surface area contributed by atoms with Crippen molar-refractivity contribution in [1.82, 2.24) is 4.98 Å². The third kappa shape index (κ3) is 3.31. The number of hydrogen-bond donors (Lipinski definition) is 1. The molecule has 0 fully saturated rings. The number of rotatable bonds is 5. The fourth-order valence-electron chi connectivity index (χ4n) is 1.34. The van der Waals surface area contributed by atoms with Gasteiger partial charge < -0.3 is 9.84 Å². The molecule has 1 N–H and O–H groups in total. The molecule has 0 saturated heterocycles. The van der Waals surface area contributed by atoms with Crippen molar-refractivity contribution in [3.63, 3.8) is 0 Å². The van der Waals surface area contributed by atoms with Crippen molar-refractivity contribution in [2.75, 3.05) is 0 Å². The number of nitrogens with zero attached hydrogens (tertiary/aromatic N) is 2. The second-order valence-corrected chi connectivity index (χ2v) is 5.32. The Morgan fingerprint density at radius 3 is 2.90 bits per heavy atom. The predicted octanol–water partition coefficient (Wildman–Crippen LogP) is 3.09. The van der Waals surface area contributed by atoms with Crippen molar-refractivity contribution < 1.29 is 19.6 Å². The fourth-order valence-corrected chi connectivity index (χ4v) is 2.34. The first-order valence-corrected chi connectivity index (χ1v) is 6.89. The Hall–Kier alpha value is -2.00. The van der Waals surface area contributed by atoms with Gasteiger partial charge in [-0.1, -0.05) is 0 Å². The van der Waals surface area contributed by atoms with Crippen LogP contribution in [0.5, 0.6) is 5.75 Å². The van der Waals surface area contributed by atoms with Crippen LogP contribution < -0.4 is 4.74 Å². The second-order valence-electron chi connectivity index (χ2n) is 3.61. The van der Waals surface area contributed by atoms with Gasteiger partial charge in [0.25, 0.3) is 5.69 Å². The van der Waals surface area contributed by atoms with Gasteiger partial charge in [0.2, 0.25) is 5.01 Å². The van der Waals surface area contributed by atoms with Crippen LogP contribution in [0, 0.1) is 10.1 Å². The van der Waals surface area contributed by atoms with Crippen molar-refractivity contribution in [3.05, 3.63) is 48.9 Å². The Labute approximate surface area is 125 Å². The van der Waals surface area contributed by atoms with Gasteiger partial charge in [-0.3, -0.25) is 10.1 Å². The Kier molecular flexibility index (Phi) is 4.30. The second kappa shape index (κ2) is 5.97. The number of non-ortho nitro benzene ring substituents is 1. The van der Waals surface area contributed by atoms with Crippen LogP contribution >= 0.6 is 27.3 Å². The summed E-state index contributed by atoms with van der Waals surface area (Å²) in [6, 6.07) is 4.15. The van der Waals surface area contributed by atoms with Gasteiger partial charge in [-0.15, -0.1) is 11.3 Å². The molecule has 9 heteroatoms. The first-order valence-electron chi connectivity index (χ1n) is 5.22. The first-order chi connectivity index (χ1) is 9.47. The summed E-state index contributed by atoms with van der Waals surface area (Å²) in [5.41, 5.74) is 0.360. The lowest BCUT2D eigenvalue weighted by molar-refractivity contribution is -0.385. The number of thiazole rings is 1. The zero-order valence-electron chi connectivity index (χ0n) is 9.78. The van der Waals surface area contributed by atoms with E-state index in [0.29, 0.717) is 15.9 Å². The van der Waals surface area contributed by atoms with E-state index >= 15 is 0 Å². The third-order valence-corrected chi connectivity index (χ3v) is 3.77. The first kappa shape index (κ1) is 14.4. The minimum atomic E-state index is -1.10. The molecule has 0 atom stereocenters. The Morgan fingerprint density at radius 2 is 2.30 bits per heavy atom. The maximum Gasteiger partial charge on any atom is 0.365 e. The maximum absolute atomic E-state index is 10.7. The predicted molar refractivity (Wildman–Crippen MR) is 74.2 cm³/mol. The highest BCUT2D eigenvalue weighted by atomic mass is 79.9. The smallest absolute Gasteiger partial charge is 0.365 e. The third-order valence-electron chi connectivity index (χ3n) is 2.24. The van der Waals surface area contributed by atoms with Gasteiger partial charge in [-0.2, -0.15) is 0 Å². The van der Waals surface area contributed by atoms with Gasteiger partial charge in [-0.05, 0) is 22.0 Å². The fraction of sp³-hybridized carbons (Fsp3) is 0.0909. The molecule has 0 aliphatic carbocycles. The number of aromatic nitrogens is 1. The molecule has 0 saturated carbocycles. The van der Waals surface area contributed by atoms with Crippen LogP contribution in [0.4, 0.5) is 5.69 Å². The highest BCUT2D eigenvalue weighted by Gasteiger charge is 2.12. The van der Waals surface area contributed by atoms with Crippen LogP contribution in [0.25, 0.3) is 0 Å². The van der Waals surface area contributed by atoms with Crippen molar-refractivity contribution in [3.8, 4) is 5.75 Å². The summed E-state index contributed by atoms with van der Waals surface area (Å²) in [5, 5.41) is 21.0. The standard InChI is InChI=1S/C11H7BrN2O5S/c12-8-2-1-7(14(17)18)3-9(8)19-4-6-5-20-10(13-6)11(15)16/h1-3,5H,4H2,(H,15,16). The monoisotopic (exact) mass is 358 g/mol. The highest BCUT2D eigenvalue weighted by Crippen LogP contribution is 2.30. The molecule has 2 rings (SSSR count). The van der Waals surface area contributed by atoms with Crippen molar-refractivity contribution in [1.29, 1.82) is 0 Å². The molecule has 7 nitrogen and oxygen atoms in total. The molecule has 0 spiro atoms. The number of nitro benzene ring substituents is 1. The molecule has 0 bridgehead atoms. The Balaban J connectivity index is 2.11. The number of carbonyl (C=O) groups is 1. The lowest BCUT2D eigenvalue weighted by Gasteiger charge is -2.06. The molecule has 1 aromatic carbocycles. The van der Waals surface area contributed by atoms with E-state index in [4.69, 9.17) is 9.84 Å². The normalized spacial score (nSPS) is 10.2. The van der Waals surface area contributed by atoms with Gasteiger partial charge in [0.1, 0.15) is 12.4 Å². The van der Waals surface area contributed by atoms with E-state index in [1.54, 1.807) is 5.38 Å². The molecule has 20 heavy (non-hydrogen) atoms. The maximum atomic E-state index is 10.7. The molecule has 0 radical (unpaired) electrons. The van der Waals surface area contributed by atoms with Crippen molar-refractivity contribution in [2.24, 2.45) is 0 Å². The zero-order chi connectivity index (χ0) is 14.7. The van der Waals surface area contributed by atoms with Crippen LogP contribution in [0.1, 0.15) is 15.5 Å². The van der Waals surface area contributed by atoms with E-state index in [1.807, 2.05) is 0 Å². The molecule has 0 aliphatic heterocycles. The van der Waals surface area contributed by atoms with Gasteiger partial charge in [0.15, 0.2) is 0 Å². The summed E-state index contributed by atoms with van der Waals surface area (Å²) in [4.78, 5) is 24.7. The lowest BCUT2D eigenvalue weighted by Crippen LogP contribution is -2.00. The van der Waals surface area contributed by atoms with E-state index in [9.17, 15) is 14.9 Å². The number of ether oxygens (including phenoxy) is 1. The minimum Gasteiger partial charge on any atom is -0.486 e. The molecule has 1 aromatic heterocycles. The van der Waals surface area contributed by atoms with Gasteiger partial charge in [-0.25, -0.2) is 9.78 Å². The number of aromatic carboxylic acids is 1. The number of halogens is 1. The van der Waals surface area contributed by atoms with E-state index in [-0.39, 0.29) is 17.3 Å². The quantitative estimate of drug-likeness (QED) is 0.650. The van der Waals surface area contributed by atoms with Gasteiger partial charge >= 0.3 is 5.97 Å². The molecule has 1 heterocycles. The van der Waals surface area contributed by atoms with Crippen molar-refractivity contribution >= 4 is 38.9 Å². The molecular weight excluding hydrogens is 352 g/mol. The van der Waals surface area contributed by atoms with Crippen LogP contribution in [0.3, 0.4) is 0 Å². The molecule has 104 valence electrons. The Morgan fingerprint density at radius 1 is 1.55 bits per heavy atom. The highest BCUT2D eigenvalue weighted by molar-refractivity contribution is 9.10. The van der Waals surface area contributed by atoms with Crippen molar-refractivity contribution in [2.45, 2.75) is 6.61 Å². The van der Waals surface area contributed by atoms with Gasteiger partial charge in [0, 0.05) is 11.4 Å². The zero-order valence-corrected chi connectivity index (χ0v) is 12.2. The summed E-state index contributed by atoms with van der Waals surface area (Å²) in [6.45, 7) is 0.0313. The summed E-state index contributed by atoms with van der Waals surface area (Å²) in [5.74, 6) is -0.804. The number of hydrogen-bond acceptors (Lipinski definition) is 6. The largest absolute Gasteiger partial charge is 0.486 e. The topological polar surface area (TPSA) is 103 Å². The summed E-state index contributed by atoms with van der Waals surface area (Å²) in [6.07, 6.45) is 0. The number of benzene rings is 1. The Bertz CT molecular complexity index is 673. The summed E-state index contributed by atoms with van der Waals surface area (Å²) >= 11 is 4.22. The van der Waals surface area contributed by atoms with E-state index in [0.717, 1.165) is 11.3 Å². The molecule has 0 aliphatic rings. The number of nitro groups is 1. The van der Waals surface area contributed by atoms with Crippen LogP contribution in [-0.4, -0.2) is 21.0 Å². The molecule has 0 unspecified atom stereocenters. The van der Waals surface area contributed by atoms with Gasteiger partial charge in [0.05, 0.1) is 21.2 Å². The van der Waals surface area contributed by atoms with E-state index in [1.165, 1.54) is 18.2 Å². The van der Waals surface area contributed by atoms with E-state index in [2.05, 4.69) is 20.9 Å². The summed E-state index contributed by atoms with van der Waals surface area (Å²) in [7, 11) is 0. The van der Waals surface area contributed by atoms with Crippen LogP contribution in [0.2, 0.25) is 0 Å².